The molecule has 0 aromatic carbocycles. The molecule has 2 fully saturated rings. The molecule has 0 aliphatic heterocycles. The molecular weight excluding hydrogens is 144 g/mol. The van der Waals surface area contributed by atoms with Gasteiger partial charge in [0.1, 0.15) is 0 Å². The van der Waals surface area contributed by atoms with Crippen molar-refractivity contribution in [2.75, 3.05) is 0 Å². The second-order valence-electron chi connectivity index (χ2n) is 4.56. The van der Waals surface area contributed by atoms with Crippen LogP contribution in [0.2, 0.25) is 0 Å². The van der Waals surface area contributed by atoms with Crippen molar-refractivity contribution in [2.45, 2.75) is 51.4 Å². The molecular formula is C12H20. The number of hydrogen-bond acceptors (Lipinski definition) is 0. The van der Waals surface area contributed by atoms with Gasteiger partial charge in [0.25, 0.3) is 0 Å². The zero-order valence-electron chi connectivity index (χ0n) is 8.02. The first-order chi connectivity index (χ1) is 5.88. The number of rotatable bonds is 0. The summed E-state index contributed by atoms with van der Waals surface area (Å²) in [5.41, 5.74) is 1.57. The molecule has 2 aliphatic rings. The minimum Gasteiger partial charge on any atom is -0.0996 e. The second kappa shape index (κ2) is 3.64. The molecule has 0 N–H and O–H groups in total. The molecule has 0 aromatic heterocycles. The van der Waals surface area contributed by atoms with Crippen molar-refractivity contribution in [3.63, 3.8) is 0 Å². The predicted octanol–water partition coefficient (Wildman–Crippen LogP) is 3.92. The van der Waals surface area contributed by atoms with Crippen molar-refractivity contribution in [2.24, 2.45) is 11.8 Å². The topological polar surface area (TPSA) is 0 Å². The summed E-state index contributed by atoms with van der Waals surface area (Å²) in [4.78, 5) is 0. The number of fused-ring (bicyclic) bond motifs is 1. The molecule has 0 aromatic rings. The molecule has 2 unspecified atom stereocenters. The van der Waals surface area contributed by atoms with Crippen molar-refractivity contribution in [1.29, 1.82) is 0 Å². The molecule has 0 heterocycles. The fourth-order valence-electron chi connectivity index (χ4n) is 3.00. The van der Waals surface area contributed by atoms with Gasteiger partial charge in [-0.15, -0.1) is 0 Å². The van der Waals surface area contributed by atoms with E-state index >= 15 is 0 Å². The fraction of sp³-hybridized carbons (Fsp3) is 0.833. The second-order valence-corrected chi connectivity index (χ2v) is 4.56. The van der Waals surface area contributed by atoms with Gasteiger partial charge in [-0.1, -0.05) is 37.8 Å². The molecule has 2 saturated carbocycles. The zero-order chi connectivity index (χ0) is 8.39. The van der Waals surface area contributed by atoms with Crippen molar-refractivity contribution in [1.82, 2.24) is 0 Å². The van der Waals surface area contributed by atoms with Crippen LogP contribution in [0, 0.1) is 11.8 Å². The van der Waals surface area contributed by atoms with Crippen LogP contribution in [0.1, 0.15) is 51.4 Å². The highest BCUT2D eigenvalue weighted by Crippen LogP contribution is 2.42. The van der Waals surface area contributed by atoms with Gasteiger partial charge in [0.2, 0.25) is 0 Å². The molecule has 12 heavy (non-hydrogen) atoms. The van der Waals surface area contributed by atoms with Gasteiger partial charge in [-0.3, -0.25) is 0 Å². The molecule has 0 bridgehead atoms. The lowest BCUT2D eigenvalue weighted by molar-refractivity contribution is 0.326. The van der Waals surface area contributed by atoms with Gasteiger partial charge in [-0.2, -0.15) is 0 Å². The summed E-state index contributed by atoms with van der Waals surface area (Å²) in [5.74, 6) is 1.95. The molecule has 0 spiro atoms. The minimum atomic E-state index is 0.922. The quantitative estimate of drug-likeness (QED) is 0.476. The van der Waals surface area contributed by atoms with Gasteiger partial charge >= 0.3 is 0 Å². The lowest BCUT2D eigenvalue weighted by Gasteiger charge is -2.22. The Bertz CT molecular complexity index is 169. The van der Waals surface area contributed by atoms with E-state index in [1.165, 1.54) is 51.4 Å². The normalized spacial score (nSPS) is 37.2. The van der Waals surface area contributed by atoms with Crippen LogP contribution in [0.4, 0.5) is 0 Å². The lowest BCUT2D eigenvalue weighted by atomic mass is 9.83. The highest BCUT2D eigenvalue weighted by atomic mass is 14.3. The third-order valence-corrected chi connectivity index (χ3v) is 3.77. The van der Waals surface area contributed by atoms with Crippen LogP contribution in [-0.2, 0) is 0 Å². The van der Waals surface area contributed by atoms with E-state index in [4.69, 9.17) is 0 Å². The van der Waals surface area contributed by atoms with Crippen molar-refractivity contribution < 1.29 is 0 Å². The Hall–Kier alpha value is -0.260. The average molecular weight is 164 g/mol. The van der Waals surface area contributed by atoms with Gasteiger partial charge in [-0.05, 0) is 37.5 Å². The summed E-state index contributed by atoms with van der Waals surface area (Å²) in [7, 11) is 0. The Morgan fingerprint density at radius 3 is 2.50 bits per heavy atom. The lowest BCUT2D eigenvalue weighted by Crippen LogP contribution is -2.11. The van der Waals surface area contributed by atoms with Crippen LogP contribution >= 0.6 is 0 Å². The molecule has 0 saturated heterocycles. The first-order valence-electron chi connectivity index (χ1n) is 5.55. The third-order valence-electron chi connectivity index (χ3n) is 3.77. The maximum absolute atomic E-state index is 4.21. The van der Waals surface area contributed by atoms with Gasteiger partial charge in [0.15, 0.2) is 0 Å². The van der Waals surface area contributed by atoms with Crippen molar-refractivity contribution in [3.8, 4) is 0 Å². The zero-order valence-corrected chi connectivity index (χ0v) is 8.02. The van der Waals surface area contributed by atoms with Crippen molar-refractivity contribution in [3.05, 3.63) is 12.2 Å². The molecule has 2 rings (SSSR count). The molecule has 0 amide bonds. The van der Waals surface area contributed by atoms with E-state index in [1.807, 2.05) is 0 Å². The minimum absolute atomic E-state index is 0.922. The Morgan fingerprint density at radius 1 is 0.917 bits per heavy atom. The van der Waals surface area contributed by atoms with Gasteiger partial charge in [0.05, 0.1) is 0 Å². The summed E-state index contributed by atoms with van der Waals surface area (Å²) in [6, 6.07) is 0. The summed E-state index contributed by atoms with van der Waals surface area (Å²) >= 11 is 0. The third kappa shape index (κ3) is 1.57. The highest BCUT2D eigenvalue weighted by Gasteiger charge is 2.29. The Kier molecular flexibility index (Phi) is 2.53. The highest BCUT2D eigenvalue weighted by molar-refractivity contribution is 5.09. The SMILES string of the molecule is C=C1CCC2CCCCCCC12. The van der Waals surface area contributed by atoms with Crippen LogP contribution in [0.5, 0.6) is 0 Å². The smallest absolute Gasteiger partial charge is 0.0177 e. The van der Waals surface area contributed by atoms with E-state index in [-0.39, 0.29) is 0 Å². The molecule has 0 heteroatoms. The van der Waals surface area contributed by atoms with E-state index in [1.54, 1.807) is 5.57 Å². The van der Waals surface area contributed by atoms with Crippen LogP contribution in [0.15, 0.2) is 12.2 Å². The summed E-state index contributed by atoms with van der Waals surface area (Å²) in [6.45, 7) is 4.21. The summed E-state index contributed by atoms with van der Waals surface area (Å²) < 4.78 is 0. The molecule has 0 radical (unpaired) electrons. The predicted molar refractivity (Wildman–Crippen MR) is 53.1 cm³/mol. The Labute approximate surface area is 76.1 Å². The fourth-order valence-corrected chi connectivity index (χ4v) is 3.00. The monoisotopic (exact) mass is 164 g/mol. The molecule has 0 nitrogen and oxygen atoms in total. The Morgan fingerprint density at radius 2 is 1.67 bits per heavy atom. The van der Waals surface area contributed by atoms with Gasteiger partial charge < -0.3 is 0 Å². The molecule has 2 aliphatic carbocycles. The Balaban J connectivity index is 2.00. The van der Waals surface area contributed by atoms with Gasteiger partial charge in [-0.25, -0.2) is 0 Å². The number of hydrogen-bond donors (Lipinski definition) is 0. The average Bonchev–Trinajstić information content (AvgIpc) is 2.31. The summed E-state index contributed by atoms with van der Waals surface area (Å²) in [6.07, 6.45) is 11.6. The van der Waals surface area contributed by atoms with Crippen LogP contribution < -0.4 is 0 Å². The maximum atomic E-state index is 4.21. The molecule has 2 atom stereocenters. The summed E-state index contributed by atoms with van der Waals surface area (Å²) in [5, 5.41) is 0. The van der Waals surface area contributed by atoms with E-state index in [0.29, 0.717) is 0 Å². The van der Waals surface area contributed by atoms with E-state index in [0.717, 1.165) is 11.8 Å². The van der Waals surface area contributed by atoms with Crippen LogP contribution in [-0.4, -0.2) is 0 Å². The van der Waals surface area contributed by atoms with E-state index in [9.17, 15) is 0 Å². The van der Waals surface area contributed by atoms with E-state index in [2.05, 4.69) is 6.58 Å². The first kappa shape index (κ1) is 8.34. The maximum Gasteiger partial charge on any atom is -0.0177 e. The van der Waals surface area contributed by atoms with Crippen LogP contribution in [0.25, 0.3) is 0 Å². The standard InChI is InChI=1S/C12H20/c1-10-8-9-11-6-4-2-3-5-7-12(10)11/h11-12H,1-9H2. The van der Waals surface area contributed by atoms with Gasteiger partial charge in [0, 0.05) is 0 Å². The first-order valence-corrected chi connectivity index (χ1v) is 5.55. The number of allylic oxidation sites excluding steroid dienone is 1. The van der Waals surface area contributed by atoms with Crippen LogP contribution in [0.3, 0.4) is 0 Å². The van der Waals surface area contributed by atoms with Crippen molar-refractivity contribution >= 4 is 0 Å². The molecule has 68 valence electrons. The largest absolute Gasteiger partial charge is 0.0996 e. The van der Waals surface area contributed by atoms with E-state index < -0.39 is 0 Å².